The van der Waals surface area contributed by atoms with Gasteiger partial charge >= 0.3 is 0 Å². The Morgan fingerprint density at radius 2 is 2.00 bits per heavy atom. The lowest BCUT2D eigenvalue weighted by Crippen LogP contribution is -2.30. The molecule has 1 aromatic rings. The Labute approximate surface area is 122 Å². The van der Waals surface area contributed by atoms with Crippen molar-refractivity contribution >= 4 is 15.9 Å². The smallest absolute Gasteiger partial charge is 0.175 e. The van der Waals surface area contributed by atoms with E-state index in [9.17, 15) is 5.11 Å². The van der Waals surface area contributed by atoms with Crippen LogP contribution in [0.3, 0.4) is 0 Å². The zero-order valence-electron chi connectivity index (χ0n) is 11.2. The van der Waals surface area contributed by atoms with E-state index in [0.717, 1.165) is 16.5 Å². The monoisotopic (exact) mass is 329 g/mol. The van der Waals surface area contributed by atoms with Crippen molar-refractivity contribution in [3.05, 3.63) is 22.2 Å². The van der Waals surface area contributed by atoms with Crippen LogP contribution < -0.4 is 15.2 Å². The zero-order chi connectivity index (χ0) is 14.0. The molecule has 0 aliphatic carbocycles. The molecule has 4 nitrogen and oxygen atoms in total. The molecule has 2 unspecified atom stereocenters. The van der Waals surface area contributed by atoms with Gasteiger partial charge in [-0.05, 0) is 46.0 Å². The van der Waals surface area contributed by atoms with Gasteiger partial charge in [-0.1, -0.05) is 13.8 Å². The molecule has 3 N–H and O–H groups in total. The quantitative estimate of drug-likeness (QED) is 0.891. The van der Waals surface area contributed by atoms with Crippen molar-refractivity contribution in [1.82, 2.24) is 0 Å². The van der Waals surface area contributed by atoms with E-state index in [1.807, 2.05) is 12.1 Å². The lowest BCUT2D eigenvalue weighted by Gasteiger charge is -2.24. The fourth-order valence-corrected chi connectivity index (χ4v) is 2.80. The first-order valence-electron chi connectivity index (χ1n) is 6.51. The number of aliphatic hydroxyl groups excluding tert-OH is 1. The largest absolute Gasteiger partial charge is 0.486 e. The molecule has 0 saturated carbocycles. The Morgan fingerprint density at radius 1 is 1.32 bits per heavy atom. The highest BCUT2D eigenvalue weighted by atomic mass is 79.9. The molecule has 0 fully saturated rings. The van der Waals surface area contributed by atoms with Crippen LogP contribution in [-0.2, 0) is 0 Å². The Hall–Kier alpha value is -0.780. The molecule has 1 aliphatic heterocycles. The van der Waals surface area contributed by atoms with Gasteiger partial charge in [0.15, 0.2) is 11.5 Å². The predicted molar refractivity (Wildman–Crippen MR) is 77.5 cm³/mol. The topological polar surface area (TPSA) is 64.7 Å². The summed E-state index contributed by atoms with van der Waals surface area (Å²) < 4.78 is 11.9. The number of ether oxygens (including phenoxy) is 2. The van der Waals surface area contributed by atoms with E-state index in [1.54, 1.807) is 0 Å². The SMILES string of the molecule is CC(C)CC(N)C(O)c1cc(Br)c2c(c1)OCCO2. The molecule has 106 valence electrons. The highest BCUT2D eigenvalue weighted by Gasteiger charge is 2.23. The van der Waals surface area contributed by atoms with Crippen molar-refractivity contribution in [1.29, 1.82) is 0 Å². The van der Waals surface area contributed by atoms with Crippen molar-refractivity contribution < 1.29 is 14.6 Å². The molecule has 0 saturated heterocycles. The Balaban J connectivity index is 2.22. The number of halogens is 1. The predicted octanol–water partition coefficient (Wildman–Crippen LogP) is 2.63. The molecule has 1 aromatic carbocycles. The van der Waals surface area contributed by atoms with Crippen LogP contribution >= 0.6 is 15.9 Å². The third kappa shape index (κ3) is 3.41. The van der Waals surface area contributed by atoms with Crippen molar-refractivity contribution in [2.45, 2.75) is 32.4 Å². The summed E-state index contributed by atoms with van der Waals surface area (Å²) in [4.78, 5) is 0. The van der Waals surface area contributed by atoms with E-state index in [-0.39, 0.29) is 6.04 Å². The van der Waals surface area contributed by atoms with Crippen LogP contribution in [0.25, 0.3) is 0 Å². The molecule has 0 amide bonds. The highest BCUT2D eigenvalue weighted by molar-refractivity contribution is 9.10. The van der Waals surface area contributed by atoms with Crippen molar-refractivity contribution in [3.8, 4) is 11.5 Å². The maximum atomic E-state index is 10.3. The number of hydrogen-bond acceptors (Lipinski definition) is 4. The highest BCUT2D eigenvalue weighted by Crippen LogP contribution is 2.40. The van der Waals surface area contributed by atoms with Crippen molar-refractivity contribution in [3.63, 3.8) is 0 Å². The fourth-order valence-electron chi connectivity index (χ4n) is 2.22. The zero-order valence-corrected chi connectivity index (χ0v) is 12.8. The second-order valence-corrected chi connectivity index (χ2v) is 6.12. The lowest BCUT2D eigenvalue weighted by molar-refractivity contribution is 0.133. The van der Waals surface area contributed by atoms with Gasteiger partial charge in [0.25, 0.3) is 0 Å². The third-order valence-electron chi connectivity index (χ3n) is 3.11. The minimum atomic E-state index is -0.700. The standard InChI is InChI=1S/C14H20BrNO3/c1-8(2)5-11(16)13(17)9-6-10(15)14-12(7-9)18-3-4-19-14/h6-8,11,13,17H,3-5,16H2,1-2H3. The van der Waals surface area contributed by atoms with Gasteiger partial charge in [0.05, 0.1) is 10.6 Å². The van der Waals surface area contributed by atoms with Gasteiger partial charge in [0, 0.05) is 6.04 Å². The number of aliphatic hydroxyl groups is 1. The van der Waals surface area contributed by atoms with Crippen LogP contribution in [0, 0.1) is 5.92 Å². The number of nitrogens with two attached hydrogens (primary N) is 1. The van der Waals surface area contributed by atoms with E-state index >= 15 is 0 Å². The Kier molecular flexibility index (Phi) is 4.71. The van der Waals surface area contributed by atoms with Crippen LogP contribution in [0.1, 0.15) is 31.9 Å². The first kappa shape index (κ1) is 14.6. The average Bonchev–Trinajstić information content (AvgIpc) is 2.37. The summed E-state index contributed by atoms with van der Waals surface area (Å²) >= 11 is 3.44. The van der Waals surface area contributed by atoms with E-state index in [4.69, 9.17) is 15.2 Å². The minimum absolute atomic E-state index is 0.283. The fraction of sp³-hybridized carbons (Fsp3) is 0.571. The Bertz CT molecular complexity index is 451. The minimum Gasteiger partial charge on any atom is -0.486 e. The average molecular weight is 330 g/mol. The first-order valence-corrected chi connectivity index (χ1v) is 7.31. The van der Waals surface area contributed by atoms with E-state index in [2.05, 4.69) is 29.8 Å². The molecule has 5 heteroatoms. The van der Waals surface area contributed by atoms with Gasteiger partial charge in [0.2, 0.25) is 0 Å². The molecule has 0 spiro atoms. The van der Waals surface area contributed by atoms with Crippen LogP contribution in [0.15, 0.2) is 16.6 Å². The molecule has 1 aliphatic rings. The van der Waals surface area contributed by atoms with E-state index < -0.39 is 6.10 Å². The molecule has 0 radical (unpaired) electrons. The van der Waals surface area contributed by atoms with Gasteiger partial charge in [-0.3, -0.25) is 0 Å². The number of fused-ring (bicyclic) bond motifs is 1. The van der Waals surface area contributed by atoms with Crippen LogP contribution in [0.2, 0.25) is 0 Å². The number of rotatable bonds is 4. The molecule has 2 rings (SSSR count). The first-order chi connectivity index (χ1) is 8.99. The van der Waals surface area contributed by atoms with E-state index in [1.165, 1.54) is 0 Å². The maximum Gasteiger partial charge on any atom is 0.175 e. The van der Waals surface area contributed by atoms with Crippen LogP contribution in [0.5, 0.6) is 11.5 Å². The Morgan fingerprint density at radius 3 is 2.68 bits per heavy atom. The number of hydrogen-bond donors (Lipinski definition) is 2. The van der Waals surface area contributed by atoms with Gasteiger partial charge in [-0.25, -0.2) is 0 Å². The van der Waals surface area contributed by atoms with Gasteiger partial charge in [0.1, 0.15) is 13.2 Å². The summed E-state index contributed by atoms with van der Waals surface area (Å²) in [6.07, 6.45) is 0.0715. The molecular weight excluding hydrogens is 310 g/mol. The van der Waals surface area contributed by atoms with Crippen molar-refractivity contribution in [2.24, 2.45) is 11.7 Å². The van der Waals surface area contributed by atoms with Gasteiger partial charge in [-0.2, -0.15) is 0 Å². The number of benzene rings is 1. The normalized spacial score (nSPS) is 17.4. The molecule has 0 aromatic heterocycles. The molecule has 0 bridgehead atoms. The summed E-state index contributed by atoms with van der Waals surface area (Å²) in [5, 5.41) is 10.3. The van der Waals surface area contributed by atoms with Gasteiger partial charge < -0.3 is 20.3 Å². The molecule has 1 heterocycles. The molecular formula is C14H20BrNO3. The second kappa shape index (κ2) is 6.11. The molecule has 2 atom stereocenters. The summed E-state index contributed by atoms with van der Waals surface area (Å²) in [5.41, 5.74) is 6.79. The van der Waals surface area contributed by atoms with Crippen molar-refractivity contribution in [2.75, 3.05) is 13.2 Å². The lowest BCUT2D eigenvalue weighted by atomic mass is 9.95. The summed E-state index contributed by atoms with van der Waals surface area (Å²) in [7, 11) is 0. The van der Waals surface area contributed by atoms with E-state index in [0.29, 0.717) is 30.6 Å². The van der Waals surface area contributed by atoms with Crippen LogP contribution in [-0.4, -0.2) is 24.4 Å². The third-order valence-corrected chi connectivity index (χ3v) is 3.70. The molecule has 19 heavy (non-hydrogen) atoms. The summed E-state index contributed by atoms with van der Waals surface area (Å²) in [6.45, 7) is 5.25. The second-order valence-electron chi connectivity index (χ2n) is 5.27. The maximum absolute atomic E-state index is 10.3. The van der Waals surface area contributed by atoms with Crippen LogP contribution in [0.4, 0.5) is 0 Å². The summed E-state index contributed by atoms with van der Waals surface area (Å²) in [6, 6.07) is 3.37. The summed E-state index contributed by atoms with van der Waals surface area (Å²) in [5.74, 6) is 1.80. The van der Waals surface area contributed by atoms with Gasteiger partial charge in [-0.15, -0.1) is 0 Å².